The van der Waals surface area contributed by atoms with E-state index >= 15 is 0 Å². The number of aliphatic hydroxyl groups is 1. The first-order chi connectivity index (χ1) is 9.99. The minimum absolute atomic E-state index is 0.157. The maximum Gasteiger partial charge on any atom is 0.253 e. The zero-order valence-electron chi connectivity index (χ0n) is 11.4. The Balaban J connectivity index is 2.08. The number of halogens is 2. The highest BCUT2D eigenvalue weighted by molar-refractivity contribution is 5.82. The number of carbonyl (C=O) groups is 1. The van der Waals surface area contributed by atoms with Crippen molar-refractivity contribution >= 4 is 5.91 Å². The van der Waals surface area contributed by atoms with Gasteiger partial charge in [0.05, 0.1) is 6.04 Å². The van der Waals surface area contributed by atoms with Gasteiger partial charge in [-0.15, -0.1) is 0 Å². The number of rotatable bonds is 4. The molecule has 2 aromatic rings. The van der Waals surface area contributed by atoms with Crippen molar-refractivity contribution in [2.75, 3.05) is 0 Å². The van der Waals surface area contributed by atoms with Crippen LogP contribution in [0.25, 0.3) is 0 Å². The summed E-state index contributed by atoms with van der Waals surface area (Å²) in [6.45, 7) is 1.56. The van der Waals surface area contributed by atoms with Gasteiger partial charge in [0.25, 0.3) is 5.91 Å². The van der Waals surface area contributed by atoms with Crippen molar-refractivity contribution in [3.63, 3.8) is 0 Å². The number of hydrogen-bond acceptors (Lipinski definition) is 2. The van der Waals surface area contributed by atoms with Crippen molar-refractivity contribution in [2.24, 2.45) is 0 Å². The van der Waals surface area contributed by atoms with Crippen molar-refractivity contribution in [3.05, 3.63) is 71.3 Å². The molecular formula is C16H15F2NO2. The van der Waals surface area contributed by atoms with Crippen LogP contribution in [-0.4, -0.2) is 11.0 Å². The topological polar surface area (TPSA) is 49.3 Å². The van der Waals surface area contributed by atoms with Gasteiger partial charge >= 0.3 is 0 Å². The molecule has 0 saturated carbocycles. The van der Waals surface area contributed by atoms with E-state index in [4.69, 9.17) is 0 Å². The van der Waals surface area contributed by atoms with Gasteiger partial charge in [0.1, 0.15) is 11.6 Å². The molecule has 3 nitrogen and oxygen atoms in total. The molecule has 0 aromatic heterocycles. The average Bonchev–Trinajstić information content (AvgIpc) is 2.47. The molecule has 2 N–H and O–H groups in total. The molecule has 1 amide bonds. The molecule has 0 radical (unpaired) electrons. The van der Waals surface area contributed by atoms with E-state index in [0.29, 0.717) is 5.56 Å². The second kappa shape index (κ2) is 6.45. The number of amides is 1. The van der Waals surface area contributed by atoms with E-state index in [-0.39, 0.29) is 5.56 Å². The van der Waals surface area contributed by atoms with Gasteiger partial charge in [-0.1, -0.05) is 36.4 Å². The number of hydrogen-bond donors (Lipinski definition) is 2. The fourth-order valence-corrected chi connectivity index (χ4v) is 2.01. The lowest BCUT2D eigenvalue weighted by atomic mass is 10.1. The standard InChI is InChI=1S/C16H15F2NO2/c1-10(13-8-7-12(17)9-14(13)18)19-16(21)15(20)11-5-3-2-4-6-11/h2-10,15,20H,1H3,(H,19,21). The molecule has 0 saturated heterocycles. The van der Waals surface area contributed by atoms with Gasteiger partial charge in [-0.25, -0.2) is 8.78 Å². The summed E-state index contributed by atoms with van der Waals surface area (Å²) < 4.78 is 26.5. The fraction of sp³-hybridized carbons (Fsp3) is 0.188. The van der Waals surface area contributed by atoms with Crippen molar-refractivity contribution in [1.82, 2.24) is 5.32 Å². The quantitative estimate of drug-likeness (QED) is 0.910. The number of nitrogens with one attached hydrogen (secondary N) is 1. The van der Waals surface area contributed by atoms with Crippen LogP contribution in [-0.2, 0) is 4.79 Å². The van der Waals surface area contributed by atoms with Gasteiger partial charge in [-0.05, 0) is 18.6 Å². The molecule has 2 aromatic carbocycles. The lowest BCUT2D eigenvalue weighted by molar-refractivity contribution is -0.130. The monoisotopic (exact) mass is 291 g/mol. The fourth-order valence-electron chi connectivity index (χ4n) is 2.01. The van der Waals surface area contributed by atoms with E-state index < -0.39 is 29.7 Å². The third-order valence-corrected chi connectivity index (χ3v) is 3.15. The Morgan fingerprint density at radius 2 is 1.81 bits per heavy atom. The van der Waals surface area contributed by atoms with Crippen LogP contribution in [0, 0.1) is 11.6 Å². The van der Waals surface area contributed by atoms with Gasteiger partial charge in [-0.2, -0.15) is 0 Å². The maximum atomic E-state index is 13.6. The van der Waals surface area contributed by atoms with Crippen LogP contribution in [0.5, 0.6) is 0 Å². The summed E-state index contributed by atoms with van der Waals surface area (Å²) in [4.78, 5) is 11.9. The molecule has 0 aliphatic heterocycles. The van der Waals surface area contributed by atoms with E-state index in [1.54, 1.807) is 37.3 Å². The summed E-state index contributed by atoms with van der Waals surface area (Å²) in [5, 5.41) is 12.4. The van der Waals surface area contributed by atoms with Crippen LogP contribution in [0.2, 0.25) is 0 Å². The van der Waals surface area contributed by atoms with Crippen LogP contribution < -0.4 is 5.32 Å². The van der Waals surface area contributed by atoms with E-state index in [9.17, 15) is 18.7 Å². The molecule has 21 heavy (non-hydrogen) atoms. The first-order valence-electron chi connectivity index (χ1n) is 6.47. The number of carbonyl (C=O) groups excluding carboxylic acids is 1. The lowest BCUT2D eigenvalue weighted by Crippen LogP contribution is -2.32. The smallest absolute Gasteiger partial charge is 0.253 e. The van der Waals surface area contributed by atoms with Crippen molar-refractivity contribution in [2.45, 2.75) is 19.1 Å². The van der Waals surface area contributed by atoms with E-state index in [2.05, 4.69) is 5.32 Å². The summed E-state index contributed by atoms with van der Waals surface area (Å²) >= 11 is 0. The number of benzene rings is 2. The van der Waals surface area contributed by atoms with Crippen LogP contribution >= 0.6 is 0 Å². The molecule has 0 bridgehead atoms. The Morgan fingerprint density at radius 3 is 2.43 bits per heavy atom. The predicted molar refractivity (Wildman–Crippen MR) is 74.3 cm³/mol. The van der Waals surface area contributed by atoms with Crippen LogP contribution in [0.4, 0.5) is 8.78 Å². The molecule has 0 spiro atoms. The van der Waals surface area contributed by atoms with Crippen LogP contribution in [0.3, 0.4) is 0 Å². The largest absolute Gasteiger partial charge is 0.378 e. The molecule has 2 atom stereocenters. The van der Waals surface area contributed by atoms with Crippen molar-refractivity contribution < 1.29 is 18.7 Å². The van der Waals surface area contributed by atoms with Gasteiger partial charge in [0.15, 0.2) is 6.10 Å². The first-order valence-corrected chi connectivity index (χ1v) is 6.47. The summed E-state index contributed by atoms with van der Waals surface area (Å²) in [6, 6.07) is 10.9. The summed E-state index contributed by atoms with van der Waals surface area (Å²) in [7, 11) is 0. The van der Waals surface area contributed by atoms with Gasteiger partial charge in [0, 0.05) is 11.6 Å². The Kier molecular flexibility index (Phi) is 4.65. The predicted octanol–water partition coefficient (Wildman–Crippen LogP) is 2.88. The second-order valence-corrected chi connectivity index (χ2v) is 4.71. The summed E-state index contributed by atoms with van der Waals surface area (Å²) in [5.74, 6) is -2.06. The first kappa shape index (κ1) is 15.1. The zero-order valence-corrected chi connectivity index (χ0v) is 11.4. The number of aliphatic hydroxyl groups excluding tert-OH is 1. The van der Waals surface area contributed by atoms with E-state index in [1.807, 2.05) is 0 Å². The molecule has 110 valence electrons. The van der Waals surface area contributed by atoms with Gasteiger partial charge in [-0.3, -0.25) is 4.79 Å². The normalized spacial score (nSPS) is 13.5. The Hall–Kier alpha value is -2.27. The van der Waals surface area contributed by atoms with Crippen molar-refractivity contribution in [3.8, 4) is 0 Å². The minimum Gasteiger partial charge on any atom is -0.378 e. The van der Waals surface area contributed by atoms with E-state index in [0.717, 1.165) is 12.1 Å². The zero-order chi connectivity index (χ0) is 15.4. The molecule has 0 aliphatic rings. The molecular weight excluding hydrogens is 276 g/mol. The highest BCUT2D eigenvalue weighted by Gasteiger charge is 2.20. The summed E-state index contributed by atoms with van der Waals surface area (Å²) in [6.07, 6.45) is -1.34. The van der Waals surface area contributed by atoms with E-state index in [1.165, 1.54) is 6.07 Å². The Labute approximate surface area is 121 Å². The average molecular weight is 291 g/mol. The summed E-state index contributed by atoms with van der Waals surface area (Å²) in [5.41, 5.74) is 0.604. The highest BCUT2D eigenvalue weighted by Crippen LogP contribution is 2.19. The lowest BCUT2D eigenvalue weighted by Gasteiger charge is -2.18. The van der Waals surface area contributed by atoms with Gasteiger partial charge in [0.2, 0.25) is 0 Å². The molecule has 0 fully saturated rings. The second-order valence-electron chi connectivity index (χ2n) is 4.71. The SMILES string of the molecule is CC(NC(=O)C(O)c1ccccc1)c1ccc(F)cc1F. The van der Waals surface area contributed by atoms with Gasteiger partial charge < -0.3 is 10.4 Å². The van der Waals surface area contributed by atoms with Crippen LogP contribution in [0.1, 0.15) is 30.2 Å². The maximum absolute atomic E-state index is 13.6. The highest BCUT2D eigenvalue weighted by atomic mass is 19.1. The third kappa shape index (κ3) is 3.64. The van der Waals surface area contributed by atoms with Crippen LogP contribution in [0.15, 0.2) is 48.5 Å². The molecule has 0 heterocycles. The Bertz CT molecular complexity index is 631. The third-order valence-electron chi connectivity index (χ3n) is 3.15. The minimum atomic E-state index is -1.34. The molecule has 2 rings (SSSR count). The molecule has 5 heteroatoms. The molecule has 2 unspecified atom stereocenters. The molecule has 0 aliphatic carbocycles. The van der Waals surface area contributed by atoms with Crippen molar-refractivity contribution in [1.29, 1.82) is 0 Å². The Morgan fingerprint density at radius 1 is 1.14 bits per heavy atom.